The molecule has 0 bridgehead atoms. The highest BCUT2D eigenvalue weighted by Gasteiger charge is 2.48. The number of halogens is 1. The predicted molar refractivity (Wildman–Crippen MR) is 77.4 cm³/mol. The first kappa shape index (κ1) is 13.9. The van der Waals surface area contributed by atoms with Crippen molar-refractivity contribution in [2.45, 2.75) is 24.7 Å². The topological polar surface area (TPSA) is 85.2 Å². The predicted octanol–water partition coefficient (Wildman–Crippen LogP) is 1.56. The second-order valence-corrected chi connectivity index (χ2v) is 5.90. The monoisotopic (exact) mass is 315 g/mol. The number of carbonyl (C=O) groups excluding carboxylic acids is 1. The number of ether oxygens (including phenoxy) is 1. The standard InChI is InChI=1S/C15H14FN5O2/c1-15(8-5-18-19-6-8)4-9(14(22)23-2)10-7-17-12-3-11(16)20-21(12)13(10)15/h3,5-7,9H,4H2,1-2H3,(H,18,19). The van der Waals surface area contributed by atoms with Crippen molar-refractivity contribution >= 4 is 11.6 Å². The van der Waals surface area contributed by atoms with Crippen molar-refractivity contribution in [2.24, 2.45) is 0 Å². The van der Waals surface area contributed by atoms with Crippen LogP contribution in [0, 0.1) is 5.95 Å². The van der Waals surface area contributed by atoms with Gasteiger partial charge in [-0.25, -0.2) is 9.50 Å². The fraction of sp³-hybridized carbons (Fsp3) is 0.333. The number of rotatable bonds is 2. The molecule has 1 aliphatic rings. The van der Waals surface area contributed by atoms with Crippen LogP contribution in [0.5, 0.6) is 0 Å². The molecule has 0 radical (unpaired) electrons. The van der Waals surface area contributed by atoms with Crippen molar-refractivity contribution in [2.75, 3.05) is 7.11 Å². The van der Waals surface area contributed by atoms with Crippen LogP contribution in [0.3, 0.4) is 0 Å². The number of nitrogens with one attached hydrogen (secondary N) is 1. The zero-order valence-corrected chi connectivity index (χ0v) is 12.6. The molecule has 8 heteroatoms. The van der Waals surface area contributed by atoms with E-state index in [9.17, 15) is 9.18 Å². The highest BCUT2D eigenvalue weighted by Crippen LogP contribution is 2.49. The van der Waals surface area contributed by atoms with Crippen LogP contribution in [0.2, 0.25) is 0 Å². The largest absolute Gasteiger partial charge is 0.469 e. The lowest BCUT2D eigenvalue weighted by Gasteiger charge is -2.24. The third kappa shape index (κ3) is 1.81. The van der Waals surface area contributed by atoms with E-state index in [-0.39, 0.29) is 5.97 Å². The Morgan fingerprint density at radius 1 is 1.52 bits per heavy atom. The molecule has 4 rings (SSSR count). The average molecular weight is 315 g/mol. The van der Waals surface area contributed by atoms with Gasteiger partial charge in [-0.2, -0.15) is 9.49 Å². The number of fused-ring (bicyclic) bond motifs is 3. The van der Waals surface area contributed by atoms with E-state index >= 15 is 0 Å². The van der Waals surface area contributed by atoms with Crippen LogP contribution in [0.15, 0.2) is 24.7 Å². The number of nitrogens with zero attached hydrogens (tertiary/aromatic N) is 4. The summed E-state index contributed by atoms with van der Waals surface area (Å²) in [5.74, 6) is -1.42. The van der Waals surface area contributed by atoms with Gasteiger partial charge in [-0.1, -0.05) is 0 Å². The normalized spacial score (nSPS) is 23.2. The fourth-order valence-electron chi connectivity index (χ4n) is 3.50. The first-order chi connectivity index (χ1) is 11.0. The molecule has 2 unspecified atom stereocenters. The van der Waals surface area contributed by atoms with Gasteiger partial charge in [0.1, 0.15) is 0 Å². The van der Waals surface area contributed by atoms with Crippen LogP contribution in [0.1, 0.15) is 36.1 Å². The summed E-state index contributed by atoms with van der Waals surface area (Å²) in [7, 11) is 1.36. The van der Waals surface area contributed by atoms with E-state index in [2.05, 4.69) is 20.3 Å². The smallest absolute Gasteiger partial charge is 0.313 e. The molecular formula is C15H14FN5O2. The van der Waals surface area contributed by atoms with Gasteiger partial charge in [-0.3, -0.25) is 9.89 Å². The Kier molecular flexibility index (Phi) is 2.78. The summed E-state index contributed by atoms with van der Waals surface area (Å²) in [5, 5.41) is 10.7. The number of hydrogen-bond donors (Lipinski definition) is 1. The quantitative estimate of drug-likeness (QED) is 0.725. The molecular weight excluding hydrogens is 301 g/mol. The number of methoxy groups -OCH3 is 1. The van der Waals surface area contributed by atoms with Crippen molar-refractivity contribution in [1.82, 2.24) is 24.8 Å². The Morgan fingerprint density at radius 3 is 3.04 bits per heavy atom. The van der Waals surface area contributed by atoms with Crippen molar-refractivity contribution in [3.05, 3.63) is 47.4 Å². The van der Waals surface area contributed by atoms with Gasteiger partial charge in [-0.05, 0) is 13.3 Å². The van der Waals surface area contributed by atoms with Gasteiger partial charge in [0, 0.05) is 35.0 Å². The second-order valence-electron chi connectivity index (χ2n) is 5.90. The molecule has 118 valence electrons. The maximum absolute atomic E-state index is 13.6. The molecule has 0 aliphatic heterocycles. The maximum atomic E-state index is 13.6. The van der Waals surface area contributed by atoms with E-state index in [1.165, 1.54) is 17.7 Å². The zero-order valence-electron chi connectivity index (χ0n) is 12.6. The molecule has 1 N–H and O–H groups in total. The van der Waals surface area contributed by atoms with Crippen molar-refractivity contribution in [3.8, 4) is 0 Å². The van der Waals surface area contributed by atoms with E-state index in [0.29, 0.717) is 17.6 Å². The number of aromatic nitrogens is 5. The van der Waals surface area contributed by atoms with E-state index in [1.807, 2.05) is 6.92 Å². The zero-order chi connectivity index (χ0) is 16.2. The molecule has 0 aromatic carbocycles. The van der Waals surface area contributed by atoms with E-state index in [4.69, 9.17) is 4.74 Å². The SMILES string of the molecule is COC(=O)C1CC(C)(c2cn[nH]c2)c2c1cnc1cc(F)nn21. The molecule has 3 aromatic rings. The Bertz CT molecular complexity index is 904. The highest BCUT2D eigenvalue weighted by molar-refractivity contribution is 5.80. The molecule has 3 aromatic heterocycles. The first-order valence-corrected chi connectivity index (χ1v) is 7.16. The van der Waals surface area contributed by atoms with E-state index < -0.39 is 17.3 Å². The van der Waals surface area contributed by atoms with Crippen LogP contribution in [-0.2, 0) is 14.9 Å². The lowest BCUT2D eigenvalue weighted by molar-refractivity contribution is -0.142. The highest BCUT2D eigenvalue weighted by atomic mass is 19.1. The maximum Gasteiger partial charge on any atom is 0.313 e. The van der Waals surface area contributed by atoms with Gasteiger partial charge in [0.25, 0.3) is 0 Å². The fourth-order valence-corrected chi connectivity index (χ4v) is 3.50. The van der Waals surface area contributed by atoms with Crippen molar-refractivity contribution in [3.63, 3.8) is 0 Å². The van der Waals surface area contributed by atoms with Crippen LogP contribution in [-0.4, -0.2) is 37.9 Å². The molecule has 1 aliphatic carbocycles. The summed E-state index contributed by atoms with van der Waals surface area (Å²) >= 11 is 0. The number of hydrogen-bond acceptors (Lipinski definition) is 5. The number of aromatic amines is 1. The average Bonchev–Trinajstić information content (AvgIpc) is 3.23. The Balaban J connectivity index is 2.03. The summed E-state index contributed by atoms with van der Waals surface area (Å²) in [6.45, 7) is 1.98. The lowest BCUT2D eigenvalue weighted by atomic mass is 9.81. The van der Waals surface area contributed by atoms with Crippen molar-refractivity contribution in [1.29, 1.82) is 0 Å². The lowest BCUT2D eigenvalue weighted by Crippen LogP contribution is -2.24. The van der Waals surface area contributed by atoms with Gasteiger partial charge >= 0.3 is 5.97 Å². The summed E-state index contributed by atoms with van der Waals surface area (Å²) in [5.41, 5.74) is 2.19. The number of esters is 1. The molecule has 0 saturated heterocycles. The number of carbonyl (C=O) groups is 1. The van der Waals surface area contributed by atoms with E-state index in [1.54, 1.807) is 18.6 Å². The Morgan fingerprint density at radius 2 is 2.35 bits per heavy atom. The summed E-state index contributed by atoms with van der Waals surface area (Å²) in [6.07, 6.45) is 5.57. The van der Waals surface area contributed by atoms with Gasteiger partial charge in [0.05, 0.1) is 24.9 Å². The number of H-pyrrole nitrogens is 1. The molecule has 23 heavy (non-hydrogen) atoms. The van der Waals surface area contributed by atoms with Gasteiger partial charge in [-0.15, -0.1) is 5.10 Å². The Hall–Kier alpha value is -2.77. The molecule has 0 spiro atoms. The Labute approximate surface area is 130 Å². The third-order valence-corrected chi connectivity index (χ3v) is 4.61. The molecule has 0 saturated carbocycles. The van der Waals surface area contributed by atoms with E-state index in [0.717, 1.165) is 11.3 Å². The minimum atomic E-state index is -0.609. The molecule has 0 amide bonds. The van der Waals surface area contributed by atoms with Gasteiger partial charge in [0.2, 0.25) is 5.95 Å². The second kappa shape index (κ2) is 4.61. The molecule has 2 atom stereocenters. The van der Waals surface area contributed by atoms with Crippen LogP contribution in [0.25, 0.3) is 5.65 Å². The summed E-state index contributed by atoms with van der Waals surface area (Å²) in [6, 6.07) is 1.27. The summed E-state index contributed by atoms with van der Waals surface area (Å²) in [4.78, 5) is 16.4. The first-order valence-electron chi connectivity index (χ1n) is 7.16. The molecule has 0 fully saturated rings. The molecule has 3 heterocycles. The van der Waals surface area contributed by atoms with Crippen LogP contribution >= 0.6 is 0 Å². The third-order valence-electron chi connectivity index (χ3n) is 4.61. The van der Waals surface area contributed by atoms with Gasteiger partial charge < -0.3 is 4.74 Å². The molecule has 7 nitrogen and oxygen atoms in total. The minimum Gasteiger partial charge on any atom is -0.469 e. The van der Waals surface area contributed by atoms with Crippen molar-refractivity contribution < 1.29 is 13.9 Å². The summed E-state index contributed by atoms with van der Waals surface area (Å²) < 4.78 is 20.0. The minimum absolute atomic E-state index is 0.341. The van der Waals surface area contributed by atoms with Crippen LogP contribution < -0.4 is 0 Å². The van der Waals surface area contributed by atoms with Gasteiger partial charge in [0.15, 0.2) is 5.65 Å². The van der Waals surface area contributed by atoms with Crippen LogP contribution in [0.4, 0.5) is 4.39 Å².